The second-order valence-electron chi connectivity index (χ2n) is 5.23. The Bertz CT molecular complexity index is 867. The molecule has 5 heteroatoms. The third-order valence-electron chi connectivity index (χ3n) is 4.02. The normalized spacial score (nSPS) is 21.7. The molecule has 0 saturated carbocycles. The topological polar surface area (TPSA) is 61.8 Å². The Hall–Kier alpha value is -3.08. The van der Waals surface area contributed by atoms with Crippen molar-refractivity contribution in [1.29, 1.82) is 0 Å². The third kappa shape index (κ3) is 1.73. The molecule has 1 spiro atoms. The molecule has 23 heavy (non-hydrogen) atoms. The minimum absolute atomic E-state index is 0.312. The van der Waals surface area contributed by atoms with E-state index >= 15 is 0 Å². The maximum Gasteiger partial charge on any atom is 0.347 e. The molecule has 2 aliphatic heterocycles. The van der Waals surface area contributed by atoms with Crippen LogP contribution in [0.15, 0.2) is 54.8 Å². The van der Waals surface area contributed by atoms with Gasteiger partial charge in [0.1, 0.15) is 12.0 Å². The number of carbonyl (C=O) groups is 2. The number of hydrogen-bond acceptors (Lipinski definition) is 5. The molecule has 0 aromatic heterocycles. The Morgan fingerprint density at radius 3 is 2.43 bits per heavy atom. The van der Waals surface area contributed by atoms with Gasteiger partial charge in [0.15, 0.2) is 0 Å². The molecule has 4 rings (SSSR count). The number of benzene rings is 2. The summed E-state index contributed by atoms with van der Waals surface area (Å²) >= 11 is 0. The number of fused-ring (bicyclic) bond motifs is 2. The second-order valence-corrected chi connectivity index (χ2v) is 5.23. The lowest BCUT2D eigenvalue weighted by atomic mass is 9.93. The zero-order valence-electron chi connectivity index (χ0n) is 12.2. The Morgan fingerprint density at radius 2 is 1.65 bits per heavy atom. The Morgan fingerprint density at radius 1 is 0.957 bits per heavy atom. The van der Waals surface area contributed by atoms with Crippen molar-refractivity contribution >= 4 is 17.3 Å². The first-order valence-corrected chi connectivity index (χ1v) is 7.06. The van der Waals surface area contributed by atoms with Crippen molar-refractivity contribution in [2.75, 3.05) is 7.11 Å². The highest BCUT2D eigenvalue weighted by Gasteiger charge is 2.57. The minimum Gasteiger partial charge on any atom is -0.496 e. The molecule has 1 atom stereocenters. The number of rotatable bonds is 2. The Kier molecular flexibility index (Phi) is 2.78. The van der Waals surface area contributed by atoms with Crippen molar-refractivity contribution in [3.05, 3.63) is 71.5 Å². The number of ether oxygens (including phenoxy) is 3. The molecule has 0 radical (unpaired) electrons. The van der Waals surface area contributed by atoms with Crippen LogP contribution in [-0.4, -0.2) is 18.9 Å². The van der Waals surface area contributed by atoms with Crippen LogP contribution >= 0.6 is 0 Å². The van der Waals surface area contributed by atoms with Crippen LogP contribution in [0.4, 0.5) is 0 Å². The van der Waals surface area contributed by atoms with Gasteiger partial charge >= 0.3 is 11.8 Å². The van der Waals surface area contributed by atoms with E-state index in [1.165, 1.54) is 13.4 Å². The molecule has 114 valence electrons. The molecule has 0 aliphatic carbocycles. The number of esters is 1. The van der Waals surface area contributed by atoms with Crippen molar-refractivity contribution in [3.63, 3.8) is 0 Å². The third-order valence-corrected chi connectivity index (χ3v) is 4.02. The quantitative estimate of drug-likeness (QED) is 0.798. The van der Waals surface area contributed by atoms with Gasteiger partial charge in [0, 0.05) is 5.56 Å². The first-order valence-electron chi connectivity index (χ1n) is 7.06. The van der Waals surface area contributed by atoms with E-state index in [2.05, 4.69) is 0 Å². The van der Waals surface area contributed by atoms with E-state index in [9.17, 15) is 9.59 Å². The predicted octanol–water partition coefficient (Wildman–Crippen LogP) is 2.66. The van der Waals surface area contributed by atoms with Crippen LogP contribution in [0.3, 0.4) is 0 Å². The van der Waals surface area contributed by atoms with Crippen molar-refractivity contribution in [2.24, 2.45) is 0 Å². The summed E-state index contributed by atoms with van der Waals surface area (Å²) in [5, 5.41) is 0. The lowest BCUT2D eigenvalue weighted by Crippen LogP contribution is -2.34. The molecule has 0 bridgehead atoms. The van der Waals surface area contributed by atoms with Crippen molar-refractivity contribution in [3.8, 4) is 5.75 Å². The van der Waals surface area contributed by atoms with Gasteiger partial charge in [-0.2, -0.15) is 0 Å². The van der Waals surface area contributed by atoms with E-state index < -0.39 is 17.5 Å². The second kappa shape index (κ2) is 4.71. The van der Waals surface area contributed by atoms with Gasteiger partial charge in [-0.15, -0.1) is 0 Å². The molecule has 5 nitrogen and oxygen atoms in total. The number of methoxy groups -OCH3 is 1. The number of ketones is 1. The van der Waals surface area contributed by atoms with Gasteiger partial charge in [0.25, 0.3) is 5.78 Å². The molecule has 2 heterocycles. The summed E-state index contributed by atoms with van der Waals surface area (Å²) in [5.41, 5.74) is 1.68. The number of Topliss-reactive ketones (excluding diaryl/α,β-unsaturated/α-hetero) is 1. The van der Waals surface area contributed by atoms with E-state index in [0.717, 1.165) is 0 Å². The molecule has 2 aromatic rings. The summed E-state index contributed by atoms with van der Waals surface area (Å²) in [4.78, 5) is 25.0. The molecule has 0 fully saturated rings. The highest BCUT2D eigenvalue weighted by Crippen LogP contribution is 2.46. The van der Waals surface area contributed by atoms with E-state index in [4.69, 9.17) is 14.2 Å². The fourth-order valence-electron chi connectivity index (χ4n) is 2.92. The maximum atomic E-state index is 13.0. The van der Waals surface area contributed by atoms with Crippen molar-refractivity contribution in [2.45, 2.75) is 5.79 Å². The number of carbonyl (C=O) groups excluding carboxylic acids is 2. The van der Waals surface area contributed by atoms with E-state index in [0.29, 0.717) is 28.0 Å². The van der Waals surface area contributed by atoms with Gasteiger partial charge < -0.3 is 14.2 Å². The predicted molar refractivity (Wildman–Crippen MR) is 80.6 cm³/mol. The first-order chi connectivity index (χ1) is 11.2. The highest BCUT2D eigenvalue weighted by atomic mass is 16.7. The monoisotopic (exact) mass is 308 g/mol. The molecular weight excluding hydrogens is 296 g/mol. The zero-order valence-corrected chi connectivity index (χ0v) is 12.2. The van der Waals surface area contributed by atoms with Crippen LogP contribution in [-0.2, 0) is 20.1 Å². The molecule has 2 aromatic carbocycles. The summed E-state index contributed by atoms with van der Waals surface area (Å²) in [6.07, 6.45) is 1.33. The number of hydrogen-bond donors (Lipinski definition) is 0. The van der Waals surface area contributed by atoms with Gasteiger partial charge in [-0.05, 0) is 18.2 Å². The molecule has 0 saturated heterocycles. The van der Waals surface area contributed by atoms with Gasteiger partial charge in [-0.3, -0.25) is 4.79 Å². The van der Waals surface area contributed by atoms with Gasteiger partial charge in [0.05, 0.1) is 23.8 Å². The standard InChI is InChI=1S/C18H12O5/c1-21-15-9-5-3-6-11(15)13-10-22-18(16(13)19)14-8-4-2-7-12(14)17(20)23-18/h2-10H,1H3. The molecule has 1 unspecified atom stereocenters. The summed E-state index contributed by atoms with van der Waals surface area (Å²) in [5.74, 6) is -2.15. The zero-order chi connectivity index (χ0) is 16.0. The lowest BCUT2D eigenvalue weighted by Gasteiger charge is -2.21. The Balaban J connectivity index is 1.81. The van der Waals surface area contributed by atoms with Crippen molar-refractivity contribution < 1.29 is 23.8 Å². The SMILES string of the molecule is COc1ccccc1C1=COC2(OC(=O)c3ccccc32)C1=O. The van der Waals surface area contributed by atoms with Crippen molar-refractivity contribution in [1.82, 2.24) is 0 Å². The van der Waals surface area contributed by atoms with Crippen LogP contribution in [0, 0.1) is 0 Å². The average molecular weight is 308 g/mol. The number of para-hydroxylation sites is 1. The van der Waals surface area contributed by atoms with E-state index in [1.54, 1.807) is 42.5 Å². The largest absolute Gasteiger partial charge is 0.496 e. The molecule has 0 amide bonds. The lowest BCUT2D eigenvalue weighted by molar-refractivity contribution is -0.173. The minimum atomic E-state index is -1.72. The summed E-state index contributed by atoms with van der Waals surface area (Å²) < 4.78 is 16.2. The van der Waals surface area contributed by atoms with E-state index in [-0.39, 0.29) is 0 Å². The molecule has 2 aliphatic rings. The Labute approximate surface area is 132 Å². The van der Waals surface area contributed by atoms with Gasteiger partial charge in [0.2, 0.25) is 0 Å². The maximum absolute atomic E-state index is 13.0. The molecule has 0 N–H and O–H groups in total. The van der Waals surface area contributed by atoms with Gasteiger partial charge in [-0.25, -0.2) is 4.79 Å². The fraction of sp³-hybridized carbons (Fsp3) is 0.111. The first kappa shape index (κ1) is 13.6. The van der Waals surface area contributed by atoms with Crippen LogP contribution < -0.4 is 4.74 Å². The van der Waals surface area contributed by atoms with Gasteiger partial charge in [-0.1, -0.05) is 30.3 Å². The smallest absolute Gasteiger partial charge is 0.347 e. The van der Waals surface area contributed by atoms with Crippen LogP contribution in [0.25, 0.3) is 5.57 Å². The van der Waals surface area contributed by atoms with Crippen LogP contribution in [0.2, 0.25) is 0 Å². The summed E-state index contributed by atoms with van der Waals surface area (Å²) in [7, 11) is 1.53. The van der Waals surface area contributed by atoms with Crippen LogP contribution in [0.5, 0.6) is 5.75 Å². The fourth-order valence-corrected chi connectivity index (χ4v) is 2.92. The van der Waals surface area contributed by atoms with E-state index in [1.807, 2.05) is 6.07 Å². The molecular formula is C18H12O5. The van der Waals surface area contributed by atoms with Crippen LogP contribution in [0.1, 0.15) is 21.5 Å². The highest BCUT2D eigenvalue weighted by molar-refractivity contribution is 6.27. The summed E-state index contributed by atoms with van der Waals surface area (Å²) in [6.45, 7) is 0. The average Bonchev–Trinajstić information content (AvgIpc) is 3.07. The summed E-state index contributed by atoms with van der Waals surface area (Å²) in [6, 6.07) is 13.8.